The summed E-state index contributed by atoms with van der Waals surface area (Å²) < 4.78 is 10.9. The van der Waals surface area contributed by atoms with Crippen molar-refractivity contribution in [3.63, 3.8) is 0 Å². The zero-order valence-corrected chi connectivity index (χ0v) is 12.0. The Bertz CT molecular complexity index is 439. The fourth-order valence-corrected chi connectivity index (χ4v) is 2.93. The molecule has 2 unspecified atom stereocenters. The van der Waals surface area contributed by atoms with Gasteiger partial charge in [-0.15, -0.1) is 0 Å². The van der Waals surface area contributed by atoms with Crippen LogP contribution in [-0.4, -0.2) is 24.2 Å². The van der Waals surface area contributed by atoms with E-state index in [-0.39, 0.29) is 0 Å². The van der Waals surface area contributed by atoms with Gasteiger partial charge in [-0.05, 0) is 25.2 Å². The molecule has 1 saturated carbocycles. The zero-order chi connectivity index (χ0) is 13.9. The quantitative estimate of drug-likeness (QED) is 0.904. The molecule has 2 rings (SSSR count). The molecule has 0 saturated heterocycles. The summed E-state index contributed by atoms with van der Waals surface area (Å²) in [4.78, 5) is 8.99. The van der Waals surface area contributed by atoms with E-state index in [4.69, 9.17) is 15.2 Å². The lowest BCUT2D eigenvalue weighted by atomic mass is 9.78. The standard InChI is InChI=1S/C14H23N3O2/c1-10-5-4-6-14(8-10,19-3)13-16-11(9-18-2)7-12(15)17-13/h7,10H,4-6,8-9H2,1-3H3,(H2,15,16,17). The van der Waals surface area contributed by atoms with E-state index in [1.54, 1.807) is 20.3 Å². The van der Waals surface area contributed by atoms with Gasteiger partial charge in [0.1, 0.15) is 11.4 Å². The third-order valence-electron chi connectivity index (χ3n) is 3.85. The Morgan fingerprint density at radius 3 is 2.84 bits per heavy atom. The van der Waals surface area contributed by atoms with E-state index >= 15 is 0 Å². The number of aromatic nitrogens is 2. The van der Waals surface area contributed by atoms with Crippen LogP contribution < -0.4 is 5.73 Å². The average Bonchev–Trinajstić information content (AvgIpc) is 2.38. The minimum Gasteiger partial charge on any atom is -0.384 e. The molecule has 2 atom stereocenters. The molecule has 0 spiro atoms. The molecule has 0 aromatic carbocycles. The molecule has 1 aromatic rings. The second kappa shape index (κ2) is 5.84. The number of nitrogen functional groups attached to an aromatic ring is 1. The molecular formula is C14H23N3O2. The van der Waals surface area contributed by atoms with Gasteiger partial charge in [0.15, 0.2) is 5.82 Å². The minimum atomic E-state index is -0.393. The molecule has 0 bridgehead atoms. The highest BCUT2D eigenvalue weighted by Gasteiger charge is 2.39. The predicted octanol–water partition coefficient (Wildman–Crippen LogP) is 2.26. The number of nitrogens with zero attached hydrogens (tertiary/aromatic N) is 2. The molecule has 19 heavy (non-hydrogen) atoms. The van der Waals surface area contributed by atoms with Gasteiger partial charge >= 0.3 is 0 Å². The van der Waals surface area contributed by atoms with Gasteiger partial charge in [-0.3, -0.25) is 0 Å². The number of methoxy groups -OCH3 is 2. The van der Waals surface area contributed by atoms with Crippen LogP contribution in [0.3, 0.4) is 0 Å². The molecule has 1 fully saturated rings. The summed E-state index contributed by atoms with van der Waals surface area (Å²) >= 11 is 0. The van der Waals surface area contributed by atoms with E-state index in [9.17, 15) is 0 Å². The van der Waals surface area contributed by atoms with Crippen LogP contribution in [0, 0.1) is 5.92 Å². The molecule has 5 nitrogen and oxygen atoms in total. The van der Waals surface area contributed by atoms with Gasteiger partial charge in [0.05, 0.1) is 12.3 Å². The SMILES string of the molecule is COCc1cc(N)nc(C2(OC)CCCC(C)C2)n1. The van der Waals surface area contributed by atoms with Crippen LogP contribution in [0.4, 0.5) is 5.82 Å². The number of ether oxygens (including phenoxy) is 2. The Morgan fingerprint density at radius 1 is 1.42 bits per heavy atom. The van der Waals surface area contributed by atoms with Gasteiger partial charge in [-0.1, -0.05) is 13.3 Å². The summed E-state index contributed by atoms with van der Waals surface area (Å²) in [6.45, 7) is 2.68. The Kier molecular flexibility index (Phi) is 4.37. The lowest BCUT2D eigenvalue weighted by molar-refractivity contribution is -0.0648. The molecule has 1 aliphatic rings. The van der Waals surface area contributed by atoms with Crippen molar-refractivity contribution >= 4 is 5.82 Å². The van der Waals surface area contributed by atoms with E-state index in [1.165, 1.54) is 6.42 Å². The van der Waals surface area contributed by atoms with Crippen LogP contribution in [0.15, 0.2) is 6.07 Å². The highest BCUT2D eigenvalue weighted by Crippen LogP contribution is 2.41. The van der Waals surface area contributed by atoms with Gasteiger partial charge < -0.3 is 15.2 Å². The first kappa shape index (κ1) is 14.2. The zero-order valence-electron chi connectivity index (χ0n) is 12.0. The summed E-state index contributed by atoms with van der Waals surface area (Å²) in [6.07, 6.45) is 4.26. The molecule has 0 amide bonds. The van der Waals surface area contributed by atoms with Gasteiger partial charge in [0.2, 0.25) is 0 Å². The fraction of sp³-hybridized carbons (Fsp3) is 0.714. The first-order chi connectivity index (χ1) is 9.09. The van der Waals surface area contributed by atoms with E-state index in [0.717, 1.165) is 25.0 Å². The Morgan fingerprint density at radius 2 is 2.21 bits per heavy atom. The molecule has 2 N–H and O–H groups in total. The molecule has 106 valence electrons. The molecule has 1 heterocycles. The number of nitrogens with two attached hydrogens (primary N) is 1. The van der Waals surface area contributed by atoms with E-state index in [0.29, 0.717) is 24.2 Å². The maximum absolute atomic E-state index is 5.88. The topological polar surface area (TPSA) is 70.3 Å². The Balaban J connectivity index is 2.36. The monoisotopic (exact) mass is 265 g/mol. The summed E-state index contributed by atoms with van der Waals surface area (Å²) in [7, 11) is 3.38. The van der Waals surface area contributed by atoms with Crippen LogP contribution in [0.1, 0.15) is 44.1 Å². The maximum atomic E-state index is 5.88. The lowest BCUT2D eigenvalue weighted by Gasteiger charge is -2.37. The first-order valence-electron chi connectivity index (χ1n) is 6.77. The van der Waals surface area contributed by atoms with Crippen molar-refractivity contribution in [3.8, 4) is 0 Å². The predicted molar refractivity (Wildman–Crippen MR) is 73.5 cm³/mol. The second-order valence-electron chi connectivity index (χ2n) is 5.44. The number of rotatable bonds is 4. The van der Waals surface area contributed by atoms with E-state index < -0.39 is 5.60 Å². The second-order valence-corrected chi connectivity index (χ2v) is 5.44. The normalized spacial score (nSPS) is 27.4. The van der Waals surface area contributed by atoms with Gasteiger partial charge in [0.25, 0.3) is 0 Å². The van der Waals surface area contributed by atoms with E-state index in [1.807, 2.05) is 0 Å². The summed E-state index contributed by atoms with van der Waals surface area (Å²) in [5.41, 5.74) is 6.29. The summed E-state index contributed by atoms with van der Waals surface area (Å²) in [5.74, 6) is 1.80. The average molecular weight is 265 g/mol. The highest BCUT2D eigenvalue weighted by atomic mass is 16.5. The summed E-state index contributed by atoms with van der Waals surface area (Å²) in [5, 5.41) is 0. The van der Waals surface area contributed by atoms with Gasteiger partial charge in [0, 0.05) is 20.3 Å². The van der Waals surface area contributed by atoms with Crippen molar-refractivity contribution in [2.24, 2.45) is 5.92 Å². The molecule has 5 heteroatoms. The third-order valence-corrected chi connectivity index (χ3v) is 3.85. The molecule has 0 aliphatic heterocycles. The van der Waals surface area contributed by atoms with Crippen molar-refractivity contribution in [3.05, 3.63) is 17.6 Å². The smallest absolute Gasteiger partial charge is 0.162 e. The van der Waals surface area contributed by atoms with Crippen LogP contribution in [0.2, 0.25) is 0 Å². The molecular weight excluding hydrogens is 242 g/mol. The van der Waals surface area contributed by atoms with Crippen molar-refractivity contribution in [2.45, 2.75) is 44.8 Å². The first-order valence-corrected chi connectivity index (χ1v) is 6.77. The van der Waals surface area contributed by atoms with Gasteiger partial charge in [-0.25, -0.2) is 9.97 Å². The number of hydrogen-bond acceptors (Lipinski definition) is 5. The molecule has 1 aromatic heterocycles. The highest BCUT2D eigenvalue weighted by molar-refractivity contribution is 5.31. The van der Waals surface area contributed by atoms with Crippen LogP contribution in [0.25, 0.3) is 0 Å². The molecule has 0 radical (unpaired) electrons. The molecule has 1 aliphatic carbocycles. The fourth-order valence-electron chi connectivity index (χ4n) is 2.93. The largest absolute Gasteiger partial charge is 0.384 e. The van der Waals surface area contributed by atoms with Crippen molar-refractivity contribution in [2.75, 3.05) is 20.0 Å². The number of hydrogen-bond donors (Lipinski definition) is 1. The number of anilines is 1. The lowest BCUT2D eigenvalue weighted by Crippen LogP contribution is -2.36. The maximum Gasteiger partial charge on any atom is 0.162 e. The van der Waals surface area contributed by atoms with Crippen LogP contribution >= 0.6 is 0 Å². The van der Waals surface area contributed by atoms with Crippen LogP contribution in [0.5, 0.6) is 0 Å². The minimum absolute atomic E-state index is 0.393. The van der Waals surface area contributed by atoms with Gasteiger partial charge in [-0.2, -0.15) is 0 Å². The van der Waals surface area contributed by atoms with E-state index in [2.05, 4.69) is 16.9 Å². The summed E-state index contributed by atoms with van der Waals surface area (Å²) in [6, 6.07) is 1.75. The van der Waals surface area contributed by atoms with Crippen molar-refractivity contribution < 1.29 is 9.47 Å². The third kappa shape index (κ3) is 3.04. The van der Waals surface area contributed by atoms with Crippen molar-refractivity contribution in [1.82, 2.24) is 9.97 Å². The Labute approximate surface area is 114 Å². The van der Waals surface area contributed by atoms with Crippen molar-refractivity contribution in [1.29, 1.82) is 0 Å². The Hall–Kier alpha value is -1.20. The van der Waals surface area contributed by atoms with Crippen LogP contribution in [-0.2, 0) is 21.7 Å².